The number of rotatable bonds is 5. The van der Waals surface area contributed by atoms with E-state index in [9.17, 15) is 4.79 Å². The van der Waals surface area contributed by atoms with Crippen LogP contribution in [0.1, 0.15) is 5.56 Å². The number of hydrogen-bond acceptors (Lipinski definition) is 3. The summed E-state index contributed by atoms with van der Waals surface area (Å²) in [5.41, 5.74) is 7.99. The van der Waals surface area contributed by atoms with Crippen molar-refractivity contribution in [3.63, 3.8) is 0 Å². The normalized spacial score (nSPS) is 10.4. The molecule has 0 aliphatic rings. The molecule has 0 radical (unpaired) electrons. The fourth-order valence-corrected chi connectivity index (χ4v) is 2.75. The van der Waals surface area contributed by atoms with Crippen LogP contribution in [0.3, 0.4) is 0 Å². The molecule has 2 aromatic rings. The molecule has 0 saturated heterocycles. The molecule has 0 fully saturated rings. The SMILES string of the molecule is Nc1ccccc1N(CC(=O)O)Cc1ccc(Br)cc1Cl. The second-order valence-electron chi connectivity index (χ2n) is 4.54. The zero-order valence-electron chi connectivity index (χ0n) is 11.1. The van der Waals surface area contributed by atoms with Crippen molar-refractivity contribution in [2.75, 3.05) is 17.2 Å². The highest BCUT2D eigenvalue weighted by Gasteiger charge is 2.15. The van der Waals surface area contributed by atoms with Crippen molar-refractivity contribution in [1.82, 2.24) is 0 Å². The lowest BCUT2D eigenvalue weighted by Gasteiger charge is -2.25. The molecular weight excluding hydrogens is 356 g/mol. The quantitative estimate of drug-likeness (QED) is 0.787. The van der Waals surface area contributed by atoms with Gasteiger partial charge in [-0.15, -0.1) is 0 Å². The number of halogens is 2. The third-order valence-corrected chi connectivity index (χ3v) is 3.82. The molecule has 0 unspecified atom stereocenters. The lowest BCUT2D eigenvalue weighted by atomic mass is 10.1. The highest BCUT2D eigenvalue weighted by molar-refractivity contribution is 9.10. The second kappa shape index (κ2) is 6.83. The Morgan fingerprint density at radius 3 is 2.62 bits per heavy atom. The molecule has 0 aromatic heterocycles. The Morgan fingerprint density at radius 1 is 1.29 bits per heavy atom. The van der Waals surface area contributed by atoms with Gasteiger partial charge in [0.25, 0.3) is 0 Å². The molecule has 0 amide bonds. The molecule has 2 rings (SSSR count). The van der Waals surface area contributed by atoms with E-state index in [1.807, 2.05) is 24.3 Å². The number of para-hydroxylation sites is 2. The maximum atomic E-state index is 11.1. The molecule has 110 valence electrons. The Labute approximate surface area is 136 Å². The molecule has 0 aliphatic heterocycles. The van der Waals surface area contributed by atoms with Gasteiger partial charge < -0.3 is 15.7 Å². The first-order valence-electron chi connectivity index (χ1n) is 6.22. The van der Waals surface area contributed by atoms with Gasteiger partial charge in [0, 0.05) is 16.0 Å². The number of nitrogens with zero attached hydrogens (tertiary/aromatic N) is 1. The van der Waals surface area contributed by atoms with Gasteiger partial charge in [-0.05, 0) is 29.8 Å². The predicted molar refractivity (Wildman–Crippen MR) is 88.7 cm³/mol. The molecule has 3 N–H and O–H groups in total. The topological polar surface area (TPSA) is 66.6 Å². The molecule has 21 heavy (non-hydrogen) atoms. The van der Waals surface area contributed by atoms with Crippen molar-refractivity contribution in [3.05, 3.63) is 57.5 Å². The molecule has 6 heteroatoms. The Balaban J connectivity index is 2.33. The van der Waals surface area contributed by atoms with Crippen LogP contribution in [0.25, 0.3) is 0 Å². The van der Waals surface area contributed by atoms with Gasteiger partial charge in [0.05, 0.1) is 11.4 Å². The van der Waals surface area contributed by atoms with E-state index >= 15 is 0 Å². The summed E-state index contributed by atoms with van der Waals surface area (Å²) in [5.74, 6) is -0.925. The number of nitrogens with two attached hydrogens (primary N) is 1. The van der Waals surface area contributed by atoms with Crippen LogP contribution in [-0.4, -0.2) is 17.6 Å². The van der Waals surface area contributed by atoms with Gasteiger partial charge in [-0.3, -0.25) is 4.79 Å². The summed E-state index contributed by atoms with van der Waals surface area (Å²) in [4.78, 5) is 12.8. The summed E-state index contributed by atoms with van der Waals surface area (Å²) in [7, 11) is 0. The highest BCUT2D eigenvalue weighted by Crippen LogP contribution is 2.27. The Kier molecular flexibility index (Phi) is 5.09. The summed E-state index contributed by atoms with van der Waals surface area (Å²) >= 11 is 9.55. The Hall–Kier alpha value is -1.72. The summed E-state index contributed by atoms with van der Waals surface area (Å²) in [6.07, 6.45) is 0. The molecule has 0 bridgehead atoms. The number of nitrogen functional groups attached to an aromatic ring is 1. The molecule has 0 spiro atoms. The van der Waals surface area contributed by atoms with E-state index in [1.165, 1.54) is 0 Å². The van der Waals surface area contributed by atoms with Crippen LogP contribution in [0, 0.1) is 0 Å². The Bertz CT molecular complexity index is 664. The minimum absolute atomic E-state index is 0.152. The van der Waals surface area contributed by atoms with Gasteiger partial charge >= 0.3 is 5.97 Å². The minimum atomic E-state index is -0.925. The van der Waals surface area contributed by atoms with Crippen molar-refractivity contribution in [3.8, 4) is 0 Å². The number of carboxylic acid groups (broad SMARTS) is 1. The zero-order chi connectivity index (χ0) is 15.4. The van der Waals surface area contributed by atoms with Crippen LogP contribution in [0.5, 0.6) is 0 Å². The van der Waals surface area contributed by atoms with Crippen molar-refractivity contribution < 1.29 is 9.90 Å². The van der Waals surface area contributed by atoms with E-state index in [0.717, 1.165) is 10.0 Å². The van der Waals surface area contributed by atoms with Crippen LogP contribution >= 0.6 is 27.5 Å². The zero-order valence-corrected chi connectivity index (χ0v) is 13.4. The summed E-state index contributed by atoms with van der Waals surface area (Å²) in [6, 6.07) is 12.7. The van der Waals surface area contributed by atoms with Crippen LogP contribution in [0.15, 0.2) is 46.9 Å². The summed E-state index contributed by atoms with van der Waals surface area (Å²) < 4.78 is 0.875. The van der Waals surface area contributed by atoms with Crippen molar-refractivity contribution >= 4 is 44.9 Å². The standard InChI is InChI=1S/C15H14BrClN2O2/c16-11-6-5-10(12(17)7-11)8-19(9-15(20)21)14-4-2-1-3-13(14)18/h1-7H,8-9,18H2,(H,20,21). The smallest absolute Gasteiger partial charge is 0.323 e. The van der Waals surface area contributed by atoms with Crippen LogP contribution in [-0.2, 0) is 11.3 Å². The van der Waals surface area contributed by atoms with Gasteiger partial charge in [-0.2, -0.15) is 0 Å². The van der Waals surface area contributed by atoms with Gasteiger partial charge in [-0.25, -0.2) is 0 Å². The van der Waals surface area contributed by atoms with E-state index < -0.39 is 5.97 Å². The first-order valence-corrected chi connectivity index (χ1v) is 7.39. The first-order chi connectivity index (χ1) is 9.97. The molecule has 4 nitrogen and oxygen atoms in total. The molecular formula is C15H14BrClN2O2. The second-order valence-corrected chi connectivity index (χ2v) is 5.87. The van der Waals surface area contributed by atoms with Crippen molar-refractivity contribution in [1.29, 1.82) is 0 Å². The van der Waals surface area contributed by atoms with E-state index in [1.54, 1.807) is 23.1 Å². The maximum Gasteiger partial charge on any atom is 0.323 e. The van der Waals surface area contributed by atoms with Crippen molar-refractivity contribution in [2.24, 2.45) is 0 Å². The molecule has 2 aromatic carbocycles. The van der Waals surface area contributed by atoms with E-state index in [4.69, 9.17) is 22.4 Å². The van der Waals surface area contributed by atoms with E-state index in [-0.39, 0.29) is 6.54 Å². The van der Waals surface area contributed by atoms with Crippen LogP contribution in [0.4, 0.5) is 11.4 Å². The van der Waals surface area contributed by atoms with E-state index in [2.05, 4.69) is 15.9 Å². The monoisotopic (exact) mass is 368 g/mol. The largest absolute Gasteiger partial charge is 0.480 e. The fourth-order valence-electron chi connectivity index (χ4n) is 2.02. The third kappa shape index (κ3) is 4.12. The maximum absolute atomic E-state index is 11.1. The van der Waals surface area contributed by atoms with Crippen LogP contribution < -0.4 is 10.6 Å². The minimum Gasteiger partial charge on any atom is -0.480 e. The Morgan fingerprint density at radius 2 is 2.00 bits per heavy atom. The van der Waals surface area contributed by atoms with Gasteiger partial charge in [0.2, 0.25) is 0 Å². The average Bonchev–Trinajstić information content (AvgIpc) is 2.41. The first kappa shape index (κ1) is 15.7. The number of anilines is 2. The lowest BCUT2D eigenvalue weighted by molar-refractivity contribution is -0.135. The number of benzene rings is 2. The predicted octanol–water partition coefficient (Wildman–Crippen LogP) is 3.78. The van der Waals surface area contributed by atoms with Gasteiger partial charge in [0.15, 0.2) is 0 Å². The number of carbonyl (C=O) groups is 1. The van der Waals surface area contributed by atoms with E-state index in [0.29, 0.717) is 22.9 Å². The van der Waals surface area contributed by atoms with Gasteiger partial charge in [0.1, 0.15) is 6.54 Å². The molecule has 0 heterocycles. The van der Waals surface area contributed by atoms with Gasteiger partial charge in [-0.1, -0.05) is 45.7 Å². The average molecular weight is 370 g/mol. The highest BCUT2D eigenvalue weighted by atomic mass is 79.9. The number of carboxylic acids is 1. The molecule has 0 atom stereocenters. The fraction of sp³-hybridized carbons (Fsp3) is 0.133. The number of aliphatic carboxylic acids is 1. The summed E-state index contributed by atoms with van der Waals surface area (Å²) in [6.45, 7) is 0.216. The summed E-state index contributed by atoms with van der Waals surface area (Å²) in [5, 5.41) is 9.68. The molecule has 0 saturated carbocycles. The number of hydrogen-bond donors (Lipinski definition) is 2. The third-order valence-electron chi connectivity index (χ3n) is 2.98. The van der Waals surface area contributed by atoms with Crippen LogP contribution in [0.2, 0.25) is 5.02 Å². The lowest BCUT2D eigenvalue weighted by Crippen LogP contribution is -2.29. The molecule has 0 aliphatic carbocycles. The van der Waals surface area contributed by atoms with Crippen molar-refractivity contribution in [2.45, 2.75) is 6.54 Å².